The van der Waals surface area contributed by atoms with E-state index in [4.69, 9.17) is 0 Å². The normalized spacial score (nSPS) is 14.1. The van der Waals surface area contributed by atoms with E-state index in [0.29, 0.717) is 13.0 Å². The average molecular weight is 496 g/mol. The van der Waals surface area contributed by atoms with E-state index in [1.807, 2.05) is 36.2 Å². The van der Waals surface area contributed by atoms with E-state index >= 15 is 0 Å². The topological polar surface area (TPSA) is 85.4 Å². The van der Waals surface area contributed by atoms with Gasteiger partial charge in [0.05, 0.1) is 11.9 Å². The van der Waals surface area contributed by atoms with Gasteiger partial charge in [-0.05, 0) is 25.3 Å². The number of aliphatic imine (C=N–C) groups is 1. The number of H-pyrrole nitrogens is 1. The summed E-state index contributed by atoms with van der Waals surface area (Å²) < 4.78 is 0. The van der Waals surface area contributed by atoms with Crippen molar-refractivity contribution in [3.8, 4) is 11.3 Å². The van der Waals surface area contributed by atoms with Crippen LogP contribution in [0.3, 0.4) is 0 Å². The zero-order valence-corrected chi connectivity index (χ0v) is 18.6. The Balaban J connectivity index is 0.00000280. The van der Waals surface area contributed by atoms with Crippen molar-refractivity contribution in [2.45, 2.75) is 32.7 Å². The van der Waals surface area contributed by atoms with E-state index in [9.17, 15) is 4.79 Å². The van der Waals surface area contributed by atoms with Crippen molar-refractivity contribution < 1.29 is 4.79 Å². The first-order valence-corrected chi connectivity index (χ1v) is 9.65. The van der Waals surface area contributed by atoms with E-state index in [1.54, 1.807) is 0 Å². The van der Waals surface area contributed by atoms with E-state index in [0.717, 1.165) is 62.1 Å². The number of likely N-dealkylation sites (tertiary alicyclic amines) is 1. The largest absolute Gasteiger partial charge is 0.357 e. The van der Waals surface area contributed by atoms with Gasteiger partial charge < -0.3 is 20.5 Å². The smallest absolute Gasteiger partial charge is 0.222 e. The van der Waals surface area contributed by atoms with Crippen molar-refractivity contribution >= 4 is 35.8 Å². The number of benzene rings is 1. The Labute approximate surface area is 183 Å². The molecular weight excluding hydrogens is 467 g/mol. The molecule has 3 N–H and O–H groups in total. The number of nitrogens with zero attached hydrogens (tertiary/aromatic N) is 3. The summed E-state index contributed by atoms with van der Waals surface area (Å²) in [7, 11) is 0. The summed E-state index contributed by atoms with van der Waals surface area (Å²) >= 11 is 0. The fourth-order valence-electron chi connectivity index (χ4n) is 3.12. The molecule has 2 heterocycles. The number of rotatable bonds is 8. The predicted octanol–water partition coefficient (Wildman–Crippen LogP) is 2.76. The highest BCUT2D eigenvalue weighted by Crippen LogP contribution is 2.16. The highest BCUT2D eigenvalue weighted by atomic mass is 127. The Morgan fingerprint density at radius 2 is 2.11 bits per heavy atom. The van der Waals surface area contributed by atoms with Gasteiger partial charge in [-0.3, -0.25) is 4.79 Å². The van der Waals surface area contributed by atoms with Crippen LogP contribution in [0.15, 0.2) is 41.5 Å². The standard InChI is InChI=1S/C20H28N6O.HI/c1-2-21-20(22-11-7-13-26-12-6-10-19(26)27)24-15-18-23-14-17(25-18)16-8-4-3-5-9-16;/h3-5,8-9,14H,2,6-7,10-13,15H2,1H3,(H,23,25)(H2,21,22,24);1H. The first kappa shape index (κ1) is 22.2. The van der Waals surface area contributed by atoms with Gasteiger partial charge in [-0.25, -0.2) is 9.98 Å². The molecule has 1 aliphatic heterocycles. The van der Waals surface area contributed by atoms with Crippen LogP contribution in [-0.2, 0) is 11.3 Å². The molecule has 1 aromatic carbocycles. The second kappa shape index (κ2) is 11.7. The molecule has 0 atom stereocenters. The van der Waals surface area contributed by atoms with Gasteiger partial charge in [-0.1, -0.05) is 30.3 Å². The number of amides is 1. The van der Waals surface area contributed by atoms with Gasteiger partial charge in [0, 0.05) is 32.6 Å². The predicted molar refractivity (Wildman–Crippen MR) is 123 cm³/mol. The number of aromatic nitrogens is 2. The number of carbonyl (C=O) groups excluding carboxylic acids is 1. The first-order valence-electron chi connectivity index (χ1n) is 9.65. The van der Waals surface area contributed by atoms with Gasteiger partial charge in [-0.2, -0.15) is 0 Å². The molecule has 2 aromatic rings. The number of hydrogen-bond acceptors (Lipinski definition) is 3. The maximum atomic E-state index is 11.6. The third kappa shape index (κ3) is 6.50. The van der Waals surface area contributed by atoms with E-state index < -0.39 is 0 Å². The fraction of sp³-hybridized carbons (Fsp3) is 0.450. The second-order valence-corrected chi connectivity index (χ2v) is 6.57. The molecule has 3 rings (SSSR count). The van der Waals surface area contributed by atoms with Crippen LogP contribution in [0.5, 0.6) is 0 Å². The fourth-order valence-corrected chi connectivity index (χ4v) is 3.12. The number of carbonyl (C=O) groups is 1. The molecule has 28 heavy (non-hydrogen) atoms. The van der Waals surface area contributed by atoms with Crippen LogP contribution in [0, 0.1) is 0 Å². The minimum atomic E-state index is 0. The molecule has 7 nitrogen and oxygen atoms in total. The molecule has 0 unspecified atom stereocenters. The number of halogens is 1. The molecule has 0 radical (unpaired) electrons. The summed E-state index contributed by atoms with van der Waals surface area (Å²) in [4.78, 5) is 25.9. The summed E-state index contributed by atoms with van der Waals surface area (Å²) in [6, 6.07) is 10.1. The highest BCUT2D eigenvalue weighted by Gasteiger charge is 2.18. The van der Waals surface area contributed by atoms with E-state index in [-0.39, 0.29) is 29.9 Å². The highest BCUT2D eigenvalue weighted by molar-refractivity contribution is 14.0. The lowest BCUT2D eigenvalue weighted by Crippen LogP contribution is -2.39. The minimum Gasteiger partial charge on any atom is -0.357 e. The van der Waals surface area contributed by atoms with Crippen LogP contribution in [0.2, 0.25) is 0 Å². The van der Waals surface area contributed by atoms with Gasteiger partial charge in [0.25, 0.3) is 0 Å². The van der Waals surface area contributed by atoms with Crippen molar-refractivity contribution in [1.82, 2.24) is 25.5 Å². The van der Waals surface area contributed by atoms with Crippen molar-refractivity contribution in [3.05, 3.63) is 42.4 Å². The Kier molecular flexibility index (Phi) is 9.26. The second-order valence-electron chi connectivity index (χ2n) is 6.57. The maximum absolute atomic E-state index is 11.6. The van der Waals surface area contributed by atoms with Gasteiger partial charge in [0.15, 0.2) is 5.96 Å². The molecule has 1 aromatic heterocycles. The first-order chi connectivity index (χ1) is 13.3. The summed E-state index contributed by atoms with van der Waals surface area (Å²) in [6.45, 7) is 5.80. The number of aromatic amines is 1. The van der Waals surface area contributed by atoms with Crippen molar-refractivity contribution in [3.63, 3.8) is 0 Å². The number of imidazole rings is 1. The molecule has 0 bridgehead atoms. The van der Waals surface area contributed by atoms with Crippen LogP contribution in [0.1, 0.15) is 32.0 Å². The number of guanidine groups is 1. The lowest BCUT2D eigenvalue weighted by atomic mass is 10.2. The third-order valence-corrected chi connectivity index (χ3v) is 4.51. The Hall–Kier alpha value is -2.10. The molecular formula is C20H29IN6O. The summed E-state index contributed by atoms with van der Waals surface area (Å²) in [6.07, 6.45) is 4.44. The average Bonchev–Trinajstić information content (AvgIpc) is 3.33. The zero-order chi connectivity index (χ0) is 18.9. The molecule has 0 spiro atoms. The van der Waals surface area contributed by atoms with Crippen molar-refractivity contribution in [2.75, 3.05) is 26.2 Å². The van der Waals surface area contributed by atoms with Gasteiger partial charge in [0.2, 0.25) is 5.91 Å². The van der Waals surface area contributed by atoms with Gasteiger partial charge in [0.1, 0.15) is 12.4 Å². The van der Waals surface area contributed by atoms with Crippen LogP contribution in [0.4, 0.5) is 0 Å². The molecule has 0 aliphatic carbocycles. The molecule has 0 saturated carbocycles. The number of nitrogens with one attached hydrogen (secondary N) is 3. The maximum Gasteiger partial charge on any atom is 0.222 e. The Morgan fingerprint density at radius 1 is 1.29 bits per heavy atom. The van der Waals surface area contributed by atoms with E-state index in [2.05, 4.69) is 37.7 Å². The van der Waals surface area contributed by atoms with Crippen LogP contribution in [-0.4, -0.2) is 52.9 Å². The third-order valence-electron chi connectivity index (χ3n) is 4.51. The molecule has 1 fully saturated rings. The molecule has 1 aliphatic rings. The molecule has 1 saturated heterocycles. The summed E-state index contributed by atoms with van der Waals surface area (Å²) in [5.41, 5.74) is 2.11. The Morgan fingerprint density at radius 3 is 2.82 bits per heavy atom. The number of hydrogen-bond donors (Lipinski definition) is 3. The lowest BCUT2D eigenvalue weighted by molar-refractivity contribution is -0.127. The summed E-state index contributed by atoms with van der Waals surface area (Å²) in [5, 5.41) is 6.57. The zero-order valence-electron chi connectivity index (χ0n) is 16.3. The van der Waals surface area contributed by atoms with Crippen LogP contribution < -0.4 is 10.6 Å². The SMILES string of the molecule is CCNC(=NCc1ncc(-c2ccccc2)[nH]1)NCCCN1CCCC1=O.I. The van der Waals surface area contributed by atoms with Crippen LogP contribution >= 0.6 is 24.0 Å². The minimum absolute atomic E-state index is 0. The van der Waals surface area contributed by atoms with Gasteiger partial charge in [-0.15, -0.1) is 24.0 Å². The molecule has 1 amide bonds. The van der Waals surface area contributed by atoms with Gasteiger partial charge >= 0.3 is 0 Å². The Bertz CT molecular complexity index is 761. The molecule has 8 heteroatoms. The van der Waals surface area contributed by atoms with E-state index in [1.165, 1.54) is 0 Å². The monoisotopic (exact) mass is 496 g/mol. The van der Waals surface area contributed by atoms with Crippen molar-refractivity contribution in [2.24, 2.45) is 4.99 Å². The van der Waals surface area contributed by atoms with Crippen LogP contribution in [0.25, 0.3) is 11.3 Å². The van der Waals surface area contributed by atoms with Crippen molar-refractivity contribution in [1.29, 1.82) is 0 Å². The quantitative estimate of drug-likeness (QED) is 0.227. The molecule has 152 valence electrons. The lowest BCUT2D eigenvalue weighted by Gasteiger charge is -2.16. The summed E-state index contributed by atoms with van der Waals surface area (Å²) in [5.74, 6) is 1.87.